The molecular formula is C13H16N2O. The van der Waals surface area contributed by atoms with E-state index in [1.165, 1.54) is 0 Å². The summed E-state index contributed by atoms with van der Waals surface area (Å²) in [5.74, 6) is 0. The lowest BCUT2D eigenvalue weighted by Crippen LogP contribution is -2.10. The van der Waals surface area contributed by atoms with Crippen LogP contribution in [0, 0.1) is 0 Å². The molecule has 0 aliphatic carbocycles. The molecule has 84 valence electrons. The summed E-state index contributed by atoms with van der Waals surface area (Å²) in [7, 11) is 0. The zero-order chi connectivity index (χ0) is 11.5. The number of H-pyrrole nitrogens is 1. The minimum absolute atomic E-state index is 0.00181. The Bertz CT molecular complexity index is 557. The lowest BCUT2D eigenvalue weighted by molar-refractivity contribution is 0.885. The van der Waals surface area contributed by atoms with Crippen LogP contribution >= 0.6 is 0 Å². The van der Waals surface area contributed by atoms with Gasteiger partial charge in [0.05, 0.1) is 5.39 Å². The molecule has 0 saturated carbocycles. The molecule has 0 bridgehead atoms. The number of fused-ring (bicyclic) bond motifs is 1. The Morgan fingerprint density at radius 1 is 1.38 bits per heavy atom. The fraction of sp³-hybridized carbons (Fsp3) is 0.385. The zero-order valence-electron chi connectivity index (χ0n) is 9.71. The van der Waals surface area contributed by atoms with E-state index in [0.29, 0.717) is 0 Å². The molecule has 0 aliphatic rings. The Hall–Kier alpha value is -1.64. The SMILES string of the molecule is CCCc1c(CC)ncc2cc[nH]c(=O)c12. The van der Waals surface area contributed by atoms with Gasteiger partial charge in [0.15, 0.2) is 0 Å². The van der Waals surface area contributed by atoms with Crippen LogP contribution in [0.5, 0.6) is 0 Å². The van der Waals surface area contributed by atoms with Gasteiger partial charge >= 0.3 is 0 Å². The van der Waals surface area contributed by atoms with Crippen LogP contribution in [-0.2, 0) is 12.8 Å². The highest BCUT2D eigenvalue weighted by molar-refractivity contribution is 5.84. The van der Waals surface area contributed by atoms with Crippen LogP contribution in [0.4, 0.5) is 0 Å². The first-order chi connectivity index (χ1) is 7.77. The summed E-state index contributed by atoms with van der Waals surface area (Å²) >= 11 is 0. The summed E-state index contributed by atoms with van der Waals surface area (Å²) in [6.45, 7) is 4.19. The van der Waals surface area contributed by atoms with E-state index in [0.717, 1.165) is 41.3 Å². The highest BCUT2D eigenvalue weighted by atomic mass is 16.1. The number of pyridine rings is 2. The standard InChI is InChI=1S/C13H16N2O/c1-3-5-10-11(4-2)15-8-9-6-7-14-13(16)12(9)10/h6-8H,3-5H2,1-2H3,(H,14,16). The summed E-state index contributed by atoms with van der Waals surface area (Å²) in [6.07, 6.45) is 6.29. The van der Waals surface area contributed by atoms with E-state index in [1.807, 2.05) is 6.07 Å². The van der Waals surface area contributed by atoms with Crippen LogP contribution in [0.2, 0.25) is 0 Å². The molecule has 2 heterocycles. The van der Waals surface area contributed by atoms with E-state index in [9.17, 15) is 4.79 Å². The van der Waals surface area contributed by atoms with E-state index >= 15 is 0 Å². The second-order valence-electron chi connectivity index (χ2n) is 3.92. The molecule has 2 aromatic heterocycles. The first-order valence-electron chi connectivity index (χ1n) is 5.76. The van der Waals surface area contributed by atoms with Crippen molar-refractivity contribution in [3.63, 3.8) is 0 Å². The molecule has 0 radical (unpaired) electrons. The molecule has 0 unspecified atom stereocenters. The van der Waals surface area contributed by atoms with Crippen molar-refractivity contribution in [1.29, 1.82) is 0 Å². The number of nitrogens with zero attached hydrogens (tertiary/aromatic N) is 1. The Morgan fingerprint density at radius 2 is 2.19 bits per heavy atom. The molecule has 0 amide bonds. The van der Waals surface area contributed by atoms with Gasteiger partial charge in [0.25, 0.3) is 5.56 Å². The highest BCUT2D eigenvalue weighted by Gasteiger charge is 2.09. The quantitative estimate of drug-likeness (QED) is 0.856. The van der Waals surface area contributed by atoms with Crippen LogP contribution < -0.4 is 5.56 Å². The molecule has 1 N–H and O–H groups in total. The van der Waals surface area contributed by atoms with Gasteiger partial charge in [-0.2, -0.15) is 0 Å². The minimum atomic E-state index is -0.00181. The number of aromatic nitrogens is 2. The summed E-state index contributed by atoms with van der Waals surface area (Å²) in [6, 6.07) is 1.91. The number of rotatable bonds is 3. The molecule has 0 aliphatic heterocycles. The maximum absolute atomic E-state index is 11.9. The lowest BCUT2D eigenvalue weighted by atomic mass is 10.0. The molecule has 0 saturated heterocycles. The fourth-order valence-electron chi connectivity index (χ4n) is 2.11. The number of aromatic amines is 1. The molecular weight excluding hydrogens is 200 g/mol. The van der Waals surface area contributed by atoms with E-state index in [-0.39, 0.29) is 5.56 Å². The molecule has 2 aromatic rings. The van der Waals surface area contributed by atoms with Crippen molar-refractivity contribution < 1.29 is 0 Å². The second kappa shape index (κ2) is 4.47. The van der Waals surface area contributed by atoms with Crippen LogP contribution in [0.3, 0.4) is 0 Å². The van der Waals surface area contributed by atoms with Crippen molar-refractivity contribution in [3.05, 3.63) is 40.1 Å². The highest BCUT2D eigenvalue weighted by Crippen LogP contribution is 2.18. The third-order valence-electron chi connectivity index (χ3n) is 2.84. The second-order valence-corrected chi connectivity index (χ2v) is 3.92. The van der Waals surface area contributed by atoms with Gasteiger partial charge in [-0.15, -0.1) is 0 Å². The normalized spacial score (nSPS) is 10.9. The lowest BCUT2D eigenvalue weighted by Gasteiger charge is -2.08. The monoisotopic (exact) mass is 216 g/mol. The first kappa shape index (κ1) is 10.9. The van der Waals surface area contributed by atoms with E-state index in [4.69, 9.17) is 0 Å². The predicted octanol–water partition coefficient (Wildman–Crippen LogP) is 2.44. The van der Waals surface area contributed by atoms with E-state index in [1.54, 1.807) is 12.4 Å². The molecule has 16 heavy (non-hydrogen) atoms. The summed E-state index contributed by atoms with van der Waals surface area (Å²) < 4.78 is 0. The number of nitrogens with one attached hydrogen (secondary N) is 1. The Morgan fingerprint density at radius 3 is 2.88 bits per heavy atom. The van der Waals surface area contributed by atoms with Crippen LogP contribution in [0.25, 0.3) is 10.8 Å². The topological polar surface area (TPSA) is 45.8 Å². The van der Waals surface area contributed by atoms with E-state index in [2.05, 4.69) is 23.8 Å². The average molecular weight is 216 g/mol. The van der Waals surface area contributed by atoms with Crippen molar-refractivity contribution in [2.45, 2.75) is 33.1 Å². The summed E-state index contributed by atoms with van der Waals surface area (Å²) in [4.78, 5) is 19.0. The average Bonchev–Trinajstić information content (AvgIpc) is 2.30. The van der Waals surface area contributed by atoms with E-state index < -0.39 is 0 Å². The third kappa shape index (κ3) is 1.73. The molecule has 0 atom stereocenters. The van der Waals surface area contributed by atoms with Gasteiger partial charge in [-0.1, -0.05) is 20.3 Å². The van der Waals surface area contributed by atoms with Crippen LogP contribution in [0.15, 0.2) is 23.3 Å². The molecule has 3 nitrogen and oxygen atoms in total. The van der Waals surface area contributed by atoms with Crippen molar-refractivity contribution in [2.75, 3.05) is 0 Å². The smallest absolute Gasteiger partial charge is 0.256 e. The zero-order valence-corrected chi connectivity index (χ0v) is 9.71. The minimum Gasteiger partial charge on any atom is -0.329 e. The Balaban J connectivity index is 2.82. The first-order valence-corrected chi connectivity index (χ1v) is 5.76. The van der Waals surface area contributed by atoms with Gasteiger partial charge in [0, 0.05) is 23.5 Å². The molecule has 3 heteroatoms. The Labute approximate surface area is 94.5 Å². The van der Waals surface area contributed by atoms with Crippen molar-refractivity contribution >= 4 is 10.8 Å². The summed E-state index contributed by atoms with van der Waals surface area (Å²) in [5, 5.41) is 1.75. The third-order valence-corrected chi connectivity index (χ3v) is 2.84. The van der Waals surface area contributed by atoms with Gasteiger partial charge < -0.3 is 4.98 Å². The largest absolute Gasteiger partial charge is 0.329 e. The van der Waals surface area contributed by atoms with Gasteiger partial charge in [-0.3, -0.25) is 9.78 Å². The molecule has 2 rings (SSSR count). The predicted molar refractivity (Wildman–Crippen MR) is 65.7 cm³/mol. The van der Waals surface area contributed by atoms with Gasteiger partial charge in [0.2, 0.25) is 0 Å². The van der Waals surface area contributed by atoms with Gasteiger partial charge in [-0.05, 0) is 24.5 Å². The van der Waals surface area contributed by atoms with Crippen molar-refractivity contribution in [2.24, 2.45) is 0 Å². The van der Waals surface area contributed by atoms with Crippen molar-refractivity contribution in [3.8, 4) is 0 Å². The van der Waals surface area contributed by atoms with Gasteiger partial charge in [-0.25, -0.2) is 0 Å². The number of aryl methyl sites for hydroxylation is 2. The van der Waals surface area contributed by atoms with Crippen molar-refractivity contribution in [1.82, 2.24) is 9.97 Å². The molecule has 0 fully saturated rings. The molecule has 0 aromatic carbocycles. The summed E-state index contributed by atoms with van der Waals surface area (Å²) in [5.41, 5.74) is 2.16. The Kier molecular flexibility index (Phi) is 3.04. The maximum atomic E-state index is 11.9. The number of hydrogen-bond acceptors (Lipinski definition) is 2. The van der Waals surface area contributed by atoms with Gasteiger partial charge in [0.1, 0.15) is 0 Å². The molecule has 0 spiro atoms. The maximum Gasteiger partial charge on any atom is 0.256 e. The van der Waals surface area contributed by atoms with Crippen LogP contribution in [-0.4, -0.2) is 9.97 Å². The van der Waals surface area contributed by atoms with Crippen LogP contribution in [0.1, 0.15) is 31.5 Å². The fourth-order valence-corrected chi connectivity index (χ4v) is 2.11. The number of hydrogen-bond donors (Lipinski definition) is 1.